The first-order valence-corrected chi connectivity index (χ1v) is 9.46. The summed E-state index contributed by atoms with van der Waals surface area (Å²) in [5.74, 6) is 0.597. The number of hydrogen-bond donors (Lipinski definition) is 1. The topological polar surface area (TPSA) is 15.8 Å². The summed E-state index contributed by atoms with van der Waals surface area (Å²) in [5.41, 5.74) is 3.41. The lowest BCUT2D eigenvalue weighted by Crippen LogP contribution is -2.04. The van der Waals surface area contributed by atoms with Gasteiger partial charge in [-0.25, -0.2) is 0 Å². The van der Waals surface area contributed by atoms with E-state index in [4.69, 9.17) is 0 Å². The molecule has 4 aromatic rings. The first kappa shape index (κ1) is 17.7. The molecule has 0 saturated carbocycles. The number of para-hydroxylation sites is 1. The predicted octanol–water partition coefficient (Wildman–Crippen LogP) is 7.15. The average molecular weight is 383 g/mol. The van der Waals surface area contributed by atoms with Gasteiger partial charge in [-0.05, 0) is 29.3 Å². The molecule has 0 fully saturated rings. The van der Waals surface area contributed by atoms with E-state index in [1.165, 1.54) is 0 Å². The largest absolute Gasteiger partial charge is 0.416 e. The Morgan fingerprint density at radius 3 is 2.15 bits per heavy atom. The second kappa shape index (κ2) is 7.16. The molecule has 1 nitrogen and oxygen atoms in total. The summed E-state index contributed by atoms with van der Waals surface area (Å²) < 4.78 is 38.2. The molecule has 0 aliphatic rings. The molecule has 1 heterocycles. The van der Waals surface area contributed by atoms with Gasteiger partial charge in [0.15, 0.2) is 0 Å². The molecule has 0 unspecified atom stereocenters. The van der Waals surface area contributed by atoms with Gasteiger partial charge in [-0.15, -0.1) is 11.8 Å². The number of halogens is 3. The van der Waals surface area contributed by atoms with Crippen LogP contribution in [-0.2, 0) is 11.9 Å². The van der Waals surface area contributed by atoms with E-state index in [1.807, 2.05) is 48.5 Å². The third kappa shape index (κ3) is 3.74. The molecule has 3 aromatic carbocycles. The second-order valence-corrected chi connectivity index (χ2v) is 7.21. The molecular formula is C22H16F3NS. The summed E-state index contributed by atoms with van der Waals surface area (Å²) in [6, 6.07) is 23.5. The van der Waals surface area contributed by atoms with Crippen LogP contribution in [0.4, 0.5) is 13.2 Å². The van der Waals surface area contributed by atoms with Gasteiger partial charge in [-0.1, -0.05) is 60.7 Å². The van der Waals surface area contributed by atoms with Crippen LogP contribution in [0.2, 0.25) is 0 Å². The Bertz CT molecular complexity index is 1050. The summed E-state index contributed by atoms with van der Waals surface area (Å²) >= 11 is 1.63. The highest BCUT2D eigenvalue weighted by Crippen LogP contribution is 2.39. The minimum Gasteiger partial charge on any atom is -0.354 e. The van der Waals surface area contributed by atoms with Gasteiger partial charge in [-0.2, -0.15) is 13.2 Å². The van der Waals surface area contributed by atoms with Crippen molar-refractivity contribution in [3.8, 4) is 11.3 Å². The van der Waals surface area contributed by atoms with E-state index in [0.717, 1.165) is 44.8 Å². The molecule has 27 heavy (non-hydrogen) atoms. The van der Waals surface area contributed by atoms with E-state index < -0.39 is 11.7 Å². The van der Waals surface area contributed by atoms with Crippen molar-refractivity contribution in [3.05, 3.63) is 90.0 Å². The lowest BCUT2D eigenvalue weighted by Gasteiger charge is -2.08. The molecule has 0 spiro atoms. The lowest BCUT2D eigenvalue weighted by molar-refractivity contribution is -0.137. The molecule has 4 rings (SSSR count). The number of aromatic nitrogens is 1. The number of rotatable bonds is 4. The Morgan fingerprint density at radius 2 is 1.44 bits per heavy atom. The van der Waals surface area contributed by atoms with E-state index >= 15 is 0 Å². The van der Waals surface area contributed by atoms with Crippen LogP contribution in [0.3, 0.4) is 0 Å². The van der Waals surface area contributed by atoms with Crippen molar-refractivity contribution in [1.29, 1.82) is 0 Å². The van der Waals surface area contributed by atoms with Crippen molar-refractivity contribution in [2.45, 2.75) is 16.8 Å². The minimum absolute atomic E-state index is 0.597. The first-order valence-electron chi connectivity index (χ1n) is 8.47. The van der Waals surface area contributed by atoms with Crippen LogP contribution in [0.25, 0.3) is 22.2 Å². The third-order valence-electron chi connectivity index (χ3n) is 4.39. The summed E-state index contributed by atoms with van der Waals surface area (Å²) in [6.45, 7) is 0. The van der Waals surface area contributed by atoms with Crippen molar-refractivity contribution in [1.82, 2.24) is 4.98 Å². The number of nitrogens with one attached hydrogen (secondary N) is 1. The maximum atomic E-state index is 12.7. The summed E-state index contributed by atoms with van der Waals surface area (Å²) in [4.78, 5) is 4.58. The zero-order valence-electron chi connectivity index (χ0n) is 14.3. The van der Waals surface area contributed by atoms with Gasteiger partial charge in [-0.3, -0.25) is 0 Å². The standard InChI is InChI=1S/C22H16F3NS/c23-22(24,25)17-12-10-15(11-13-17)14-27-21-18-8-4-5-9-19(18)26-20(21)16-6-2-1-3-7-16/h1-13,26H,14H2. The summed E-state index contributed by atoms with van der Waals surface area (Å²) in [6.07, 6.45) is -4.30. The van der Waals surface area contributed by atoms with Crippen LogP contribution >= 0.6 is 11.8 Å². The molecule has 0 saturated heterocycles. The number of aromatic amines is 1. The van der Waals surface area contributed by atoms with Crippen molar-refractivity contribution in [3.63, 3.8) is 0 Å². The van der Waals surface area contributed by atoms with E-state index in [0.29, 0.717) is 5.75 Å². The van der Waals surface area contributed by atoms with Crippen molar-refractivity contribution in [2.75, 3.05) is 0 Å². The molecular weight excluding hydrogens is 367 g/mol. The molecule has 1 N–H and O–H groups in total. The van der Waals surface area contributed by atoms with Gasteiger partial charge in [0.1, 0.15) is 0 Å². The summed E-state index contributed by atoms with van der Waals surface area (Å²) in [7, 11) is 0. The van der Waals surface area contributed by atoms with Gasteiger partial charge in [0.25, 0.3) is 0 Å². The molecule has 0 aliphatic heterocycles. The van der Waals surface area contributed by atoms with Crippen molar-refractivity contribution < 1.29 is 13.2 Å². The first-order chi connectivity index (χ1) is 13.0. The second-order valence-electron chi connectivity index (χ2n) is 6.22. The number of H-pyrrole nitrogens is 1. The lowest BCUT2D eigenvalue weighted by atomic mass is 10.1. The van der Waals surface area contributed by atoms with E-state index in [9.17, 15) is 13.2 Å². The highest BCUT2D eigenvalue weighted by Gasteiger charge is 2.29. The summed E-state index contributed by atoms with van der Waals surface area (Å²) in [5, 5.41) is 1.12. The number of benzene rings is 3. The van der Waals surface area contributed by atoms with Crippen LogP contribution in [0.5, 0.6) is 0 Å². The van der Waals surface area contributed by atoms with Gasteiger partial charge < -0.3 is 4.98 Å². The Hall–Kier alpha value is -2.66. The molecule has 0 bridgehead atoms. The number of alkyl halides is 3. The van der Waals surface area contributed by atoms with Crippen molar-refractivity contribution in [2.24, 2.45) is 0 Å². The highest BCUT2D eigenvalue weighted by atomic mass is 32.2. The van der Waals surface area contributed by atoms with Gasteiger partial charge >= 0.3 is 6.18 Å². The normalized spacial score (nSPS) is 11.8. The SMILES string of the molecule is FC(F)(F)c1ccc(CSc2c(-c3ccccc3)[nH]c3ccccc23)cc1. The van der Waals surface area contributed by atoms with Gasteiger partial charge in [0, 0.05) is 21.6 Å². The minimum atomic E-state index is -4.30. The molecule has 0 atom stereocenters. The van der Waals surface area contributed by atoms with E-state index in [2.05, 4.69) is 11.1 Å². The Kier molecular flexibility index (Phi) is 4.70. The van der Waals surface area contributed by atoms with Crippen LogP contribution in [0.1, 0.15) is 11.1 Å². The quantitative estimate of drug-likeness (QED) is 0.370. The van der Waals surface area contributed by atoms with E-state index in [1.54, 1.807) is 23.9 Å². The van der Waals surface area contributed by atoms with Gasteiger partial charge in [0.05, 0.1) is 11.3 Å². The number of fused-ring (bicyclic) bond motifs is 1. The zero-order chi connectivity index (χ0) is 18.9. The Labute approximate surface area is 159 Å². The average Bonchev–Trinajstić information content (AvgIpc) is 3.05. The zero-order valence-corrected chi connectivity index (χ0v) is 15.1. The van der Waals surface area contributed by atoms with Gasteiger partial charge in [0.2, 0.25) is 0 Å². The predicted molar refractivity (Wildman–Crippen MR) is 105 cm³/mol. The molecule has 5 heteroatoms. The fraction of sp³-hybridized carbons (Fsp3) is 0.0909. The monoisotopic (exact) mass is 383 g/mol. The van der Waals surface area contributed by atoms with E-state index in [-0.39, 0.29) is 0 Å². The number of hydrogen-bond acceptors (Lipinski definition) is 1. The smallest absolute Gasteiger partial charge is 0.354 e. The fourth-order valence-corrected chi connectivity index (χ4v) is 4.17. The van der Waals surface area contributed by atoms with Crippen molar-refractivity contribution >= 4 is 22.7 Å². The molecule has 0 aliphatic carbocycles. The molecule has 136 valence electrons. The molecule has 1 aromatic heterocycles. The fourth-order valence-electron chi connectivity index (χ4n) is 3.02. The van der Waals surface area contributed by atoms with Crippen LogP contribution < -0.4 is 0 Å². The molecule has 0 amide bonds. The number of thioether (sulfide) groups is 1. The third-order valence-corrected chi connectivity index (χ3v) is 5.58. The van der Waals surface area contributed by atoms with Crippen LogP contribution in [-0.4, -0.2) is 4.98 Å². The highest BCUT2D eigenvalue weighted by molar-refractivity contribution is 7.98. The Morgan fingerprint density at radius 1 is 0.778 bits per heavy atom. The Balaban J connectivity index is 1.65. The van der Waals surface area contributed by atoms with Crippen LogP contribution in [0, 0.1) is 0 Å². The maximum Gasteiger partial charge on any atom is 0.416 e. The maximum absolute atomic E-state index is 12.7. The molecule has 0 radical (unpaired) electrons. The van der Waals surface area contributed by atoms with Crippen LogP contribution in [0.15, 0.2) is 83.8 Å².